The molecule has 0 amide bonds. The van der Waals surface area contributed by atoms with Crippen LogP contribution in [0.5, 0.6) is 0 Å². The van der Waals surface area contributed by atoms with Crippen molar-refractivity contribution >= 4 is 27.3 Å². The SMILES string of the molecule is Cc1csc(-c2nc(NC3CCCCC3(F)F)cc(C(C)OS(C)(=O)=O)n2)n1. The molecule has 1 N–H and O–H groups in total. The number of nitrogens with one attached hydrogen (secondary N) is 1. The van der Waals surface area contributed by atoms with E-state index in [4.69, 9.17) is 4.18 Å². The Hall–Kier alpha value is -1.72. The summed E-state index contributed by atoms with van der Waals surface area (Å²) in [7, 11) is -3.72. The molecule has 2 atom stereocenters. The van der Waals surface area contributed by atoms with Gasteiger partial charge in [-0.1, -0.05) is 6.42 Å². The van der Waals surface area contributed by atoms with E-state index in [0.29, 0.717) is 24.3 Å². The number of alkyl halides is 2. The van der Waals surface area contributed by atoms with Gasteiger partial charge in [-0.15, -0.1) is 11.3 Å². The van der Waals surface area contributed by atoms with Crippen molar-refractivity contribution in [1.82, 2.24) is 15.0 Å². The molecule has 0 saturated heterocycles. The van der Waals surface area contributed by atoms with Crippen LogP contribution in [0.1, 0.15) is 50.1 Å². The lowest BCUT2D eigenvalue weighted by Gasteiger charge is -2.32. The third-order valence-corrected chi connectivity index (χ3v) is 5.97. The van der Waals surface area contributed by atoms with Gasteiger partial charge >= 0.3 is 0 Å². The number of rotatable bonds is 6. The molecule has 0 bridgehead atoms. The van der Waals surface area contributed by atoms with Crippen molar-refractivity contribution in [2.45, 2.75) is 57.6 Å². The summed E-state index contributed by atoms with van der Waals surface area (Å²) in [6.45, 7) is 3.35. The van der Waals surface area contributed by atoms with Crippen LogP contribution in [0.25, 0.3) is 10.8 Å². The van der Waals surface area contributed by atoms with Gasteiger partial charge in [-0.2, -0.15) is 8.42 Å². The fourth-order valence-corrected chi connectivity index (χ4v) is 4.41. The van der Waals surface area contributed by atoms with Crippen LogP contribution in [0.2, 0.25) is 0 Å². The molecule has 28 heavy (non-hydrogen) atoms. The van der Waals surface area contributed by atoms with Crippen LogP contribution in [-0.4, -0.2) is 41.6 Å². The monoisotopic (exact) mass is 432 g/mol. The summed E-state index contributed by atoms with van der Waals surface area (Å²) >= 11 is 1.32. The Bertz CT molecular complexity index is 950. The van der Waals surface area contributed by atoms with E-state index in [9.17, 15) is 17.2 Å². The number of anilines is 1. The maximum absolute atomic E-state index is 14.2. The summed E-state index contributed by atoms with van der Waals surface area (Å²) in [6.07, 6.45) is 1.39. The van der Waals surface area contributed by atoms with Gasteiger partial charge in [0.2, 0.25) is 0 Å². The summed E-state index contributed by atoms with van der Waals surface area (Å²) < 4.78 is 56.4. The third kappa shape index (κ3) is 5.21. The smallest absolute Gasteiger partial charge is 0.267 e. The molecule has 1 saturated carbocycles. The van der Waals surface area contributed by atoms with Gasteiger partial charge in [-0.25, -0.2) is 23.7 Å². The quantitative estimate of drug-likeness (QED) is 0.691. The van der Waals surface area contributed by atoms with E-state index >= 15 is 0 Å². The second kappa shape index (κ2) is 7.96. The lowest BCUT2D eigenvalue weighted by Crippen LogP contribution is -2.42. The molecule has 2 unspecified atom stereocenters. The first kappa shape index (κ1) is 21.0. The maximum atomic E-state index is 14.2. The second-order valence-electron chi connectivity index (χ2n) is 6.94. The molecule has 3 rings (SSSR count). The summed E-state index contributed by atoms with van der Waals surface area (Å²) in [6, 6.07) is 0.408. The summed E-state index contributed by atoms with van der Waals surface area (Å²) in [5.74, 6) is -2.40. The van der Waals surface area contributed by atoms with Crippen LogP contribution in [0, 0.1) is 6.92 Å². The molecule has 0 aromatic carbocycles. The first-order valence-corrected chi connectivity index (χ1v) is 11.6. The van der Waals surface area contributed by atoms with E-state index < -0.39 is 28.2 Å². The minimum Gasteiger partial charge on any atom is -0.361 e. The average Bonchev–Trinajstić information content (AvgIpc) is 3.01. The van der Waals surface area contributed by atoms with E-state index in [1.165, 1.54) is 24.3 Å². The normalized spacial score (nSPS) is 20.7. The highest BCUT2D eigenvalue weighted by Crippen LogP contribution is 2.36. The van der Waals surface area contributed by atoms with Crippen molar-refractivity contribution in [3.8, 4) is 10.8 Å². The number of hydrogen-bond donors (Lipinski definition) is 1. The van der Waals surface area contributed by atoms with Gasteiger partial charge in [-0.3, -0.25) is 4.18 Å². The van der Waals surface area contributed by atoms with Crippen molar-refractivity contribution in [2.24, 2.45) is 0 Å². The van der Waals surface area contributed by atoms with E-state index in [1.807, 2.05) is 12.3 Å². The number of aryl methyl sites for hydroxylation is 1. The molecular weight excluding hydrogens is 410 g/mol. The van der Waals surface area contributed by atoms with Crippen molar-refractivity contribution in [1.29, 1.82) is 0 Å². The van der Waals surface area contributed by atoms with Gasteiger partial charge in [0.1, 0.15) is 11.9 Å². The van der Waals surface area contributed by atoms with Crippen LogP contribution >= 0.6 is 11.3 Å². The van der Waals surface area contributed by atoms with Crippen molar-refractivity contribution in [2.75, 3.05) is 11.6 Å². The van der Waals surface area contributed by atoms with E-state index in [-0.39, 0.29) is 23.8 Å². The Labute approximate surface area is 166 Å². The van der Waals surface area contributed by atoms with Gasteiger partial charge in [0, 0.05) is 23.6 Å². The Kier molecular flexibility index (Phi) is 5.97. The summed E-state index contributed by atoms with van der Waals surface area (Å²) in [5, 5.41) is 5.16. The summed E-state index contributed by atoms with van der Waals surface area (Å²) in [5.41, 5.74) is 1.05. The third-order valence-electron chi connectivity index (χ3n) is 4.38. The number of nitrogens with zero attached hydrogens (tertiary/aromatic N) is 3. The zero-order valence-electron chi connectivity index (χ0n) is 15.8. The van der Waals surface area contributed by atoms with Crippen LogP contribution in [-0.2, 0) is 14.3 Å². The molecule has 2 aromatic rings. The minimum absolute atomic E-state index is 0.172. The van der Waals surface area contributed by atoms with Gasteiger partial charge in [-0.05, 0) is 26.7 Å². The van der Waals surface area contributed by atoms with Crippen LogP contribution in [0.15, 0.2) is 11.4 Å². The number of halogens is 2. The van der Waals surface area contributed by atoms with Crippen LogP contribution in [0.3, 0.4) is 0 Å². The van der Waals surface area contributed by atoms with Gasteiger partial charge in [0.25, 0.3) is 16.0 Å². The maximum Gasteiger partial charge on any atom is 0.267 e. The Morgan fingerprint density at radius 3 is 2.68 bits per heavy atom. The standard InChI is InChI=1S/C17H22F2N4O3S2/c1-10-9-27-16(20-10)15-21-12(11(2)26-28(3,24)25)8-14(23-15)22-13-6-4-5-7-17(13,18)19/h8-9,11,13H,4-7H2,1-3H3,(H,21,22,23). The first-order valence-electron chi connectivity index (χ1n) is 8.87. The van der Waals surface area contributed by atoms with Crippen LogP contribution < -0.4 is 5.32 Å². The highest BCUT2D eigenvalue weighted by Gasteiger charge is 2.41. The highest BCUT2D eigenvalue weighted by atomic mass is 32.2. The van der Waals surface area contributed by atoms with Crippen LogP contribution in [0.4, 0.5) is 14.6 Å². The molecule has 11 heteroatoms. The molecule has 1 aliphatic rings. The Balaban J connectivity index is 1.97. The predicted octanol–water partition coefficient (Wildman–Crippen LogP) is 3.94. The molecule has 7 nitrogen and oxygen atoms in total. The lowest BCUT2D eigenvalue weighted by atomic mass is 9.91. The van der Waals surface area contributed by atoms with Crippen molar-refractivity contribution in [3.05, 3.63) is 22.8 Å². The molecule has 0 radical (unpaired) electrons. The number of hydrogen-bond acceptors (Lipinski definition) is 8. The Morgan fingerprint density at radius 2 is 2.07 bits per heavy atom. The van der Waals surface area contributed by atoms with E-state index in [2.05, 4.69) is 20.3 Å². The first-order chi connectivity index (χ1) is 13.0. The minimum atomic E-state index is -3.72. The molecule has 0 spiro atoms. The second-order valence-corrected chi connectivity index (χ2v) is 9.40. The lowest BCUT2D eigenvalue weighted by molar-refractivity contribution is -0.0449. The zero-order chi connectivity index (χ0) is 20.5. The Morgan fingerprint density at radius 1 is 1.32 bits per heavy atom. The molecule has 0 aliphatic heterocycles. The van der Waals surface area contributed by atoms with E-state index in [0.717, 1.165) is 11.9 Å². The zero-order valence-corrected chi connectivity index (χ0v) is 17.4. The van der Waals surface area contributed by atoms with Crippen molar-refractivity contribution in [3.63, 3.8) is 0 Å². The fourth-order valence-electron chi connectivity index (χ4n) is 3.06. The molecule has 2 aromatic heterocycles. The molecule has 2 heterocycles. The topological polar surface area (TPSA) is 94.1 Å². The fraction of sp³-hybridized carbons (Fsp3) is 0.588. The predicted molar refractivity (Wildman–Crippen MR) is 103 cm³/mol. The van der Waals surface area contributed by atoms with Gasteiger partial charge < -0.3 is 5.32 Å². The average molecular weight is 433 g/mol. The van der Waals surface area contributed by atoms with Gasteiger partial charge in [0.15, 0.2) is 10.8 Å². The van der Waals surface area contributed by atoms with E-state index in [1.54, 1.807) is 0 Å². The molecule has 154 valence electrons. The van der Waals surface area contributed by atoms with Gasteiger partial charge in [0.05, 0.1) is 18.0 Å². The number of thiazole rings is 1. The molecule has 1 fully saturated rings. The molecule has 1 aliphatic carbocycles. The highest BCUT2D eigenvalue weighted by molar-refractivity contribution is 7.86. The largest absolute Gasteiger partial charge is 0.361 e. The molecular formula is C17H22F2N4O3S2. The summed E-state index contributed by atoms with van der Waals surface area (Å²) in [4.78, 5) is 13.0. The van der Waals surface area contributed by atoms with Crippen molar-refractivity contribution < 1.29 is 21.4 Å². The number of aromatic nitrogens is 3.